The van der Waals surface area contributed by atoms with E-state index < -0.39 is 28.5 Å². The number of hydrogen-bond donors (Lipinski definition) is 1. The van der Waals surface area contributed by atoms with Gasteiger partial charge in [0.1, 0.15) is 12.6 Å². The molecule has 0 spiro atoms. The standard InChI is InChI=1S/C29H32Cl3N3O4S/c1-4-20(3)33-29(37)27(5-2)34(18-24-25(31)12-9-13-26(24)32)28(36)19-35(22-10-7-6-8-11-22)40(38,39)23-16-14-21(30)15-17-23/h6-17,20,27H,4-5,18-19H2,1-3H3,(H,33,37)/t20-,27+/m1/s1. The molecule has 0 heterocycles. The first kappa shape index (κ1) is 31.7. The summed E-state index contributed by atoms with van der Waals surface area (Å²) in [6.07, 6.45) is 0.985. The molecule has 0 aromatic heterocycles. The molecule has 11 heteroatoms. The van der Waals surface area contributed by atoms with Crippen LogP contribution in [0.3, 0.4) is 0 Å². The fourth-order valence-corrected chi connectivity index (χ4v) is 6.13. The van der Waals surface area contributed by atoms with Crippen molar-refractivity contribution in [2.45, 2.75) is 57.1 Å². The van der Waals surface area contributed by atoms with Gasteiger partial charge in [0.05, 0.1) is 10.6 Å². The summed E-state index contributed by atoms with van der Waals surface area (Å²) >= 11 is 18.9. The van der Waals surface area contributed by atoms with Gasteiger partial charge in [-0.05, 0) is 68.3 Å². The number of anilines is 1. The molecule has 0 radical (unpaired) electrons. The third-order valence-corrected chi connectivity index (χ3v) is 9.25. The van der Waals surface area contributed by atoms with Crippen molar-refractivity contribution in [1.29, 1.82) is 0 Å². The van der Waals surface area contributed by atoms with E-state index in [1.54, 1.807) is 55.5 Å². The van der Waals surface area contributed by atoms with Crippen LogP contribution in [0, 0.1) is 0 Å². The van der Waals surface area contributed by atoms with Gasteiger partial charge in [-0.15, -0.1) is 0 Å². The van der Waals surface area contributed by atoms with Crippen molar-refractivity contribution >= 4 is 62.3 Å². The first-order valence-corrected chi connectivity index (χ1v) is 15.4. The summed E-state index contributed by atoms with van der Waals surface area (Å²) < 4.78 is 28.7. The Labute approximate surface area is 251 Å². The Morgan fingerprint density at radius 2 is 1.45 bits per heavy atom. The Hall–Kier alpha value is -2.78. The van der Waals surface area contributed by atoms with E-state index in [0.717, 1.165) is 4.31 Å². The van der Waals surface area contributed by atoms with Crippen LogP contribution in [0.15, 0.2) is 77.7 Å². The largest absolute Gasteiger partial charge is 0.352 e. The maximum Gasteiger partial charge on any atom is 0.264 e. The van der Waals surface area contributed by atoms with Gasteiger partial charge in [0.2, 0.25) is 11.8 Å². The monoisotopic (exact) mass is 623 g/mol. The molecule has 40 heavy (non-hydrogen) atoms. The normalized spacial score (nSPS) is 12.8. The Kier molecular flexibility index (Phi) is 11.3. The Bertz CT molecular complexity index is 1400. The summed E-state index contributed by atoms with van der Waals surface area (Å²) in [5.74, 6) is -0.941. The van der Waals surface area contributed by atoms with Crippen molar-refractivity contribution in [3.05, 3.63) is 93.4 Å². The second-order valence-corrected chi connectivity index (χ2v) is 12.4. The quantitative estimate of drug-likeness (QED) is 0.247. The fourth-order valence-electron chi connectivity index (χ4n) is 4.07. The molecule has 3 rings (SSSR count). The molecule has 0 saturated heterocycles. The van der Waals surface area contributed by atoms with Gasteiger partial charge in [0.15, 0.2) is 0 Å². The number of halogens is 3. The zero-order valence-electron chi connectivity index (χ0n) is 22.5. The van der Waals surface area contributed by atoms with Crippen molar-refractivity contribution in [3.63, 3.8) is 0 Å². The molecule has 0 aliphatic rings. The number of para-hydroxylation sites is 1. The molecule has 0 bridgehead atoms. The number of carbonyl (C=O) groups excluding carboxylic acids is 2. The molecule has 0 aliphatic carbocycles. The molecule has 1 N–H and O–H groups in total. The van der Waals surface area contributed by atoms with Crippen molar-refractivity contribution in [2.75, 3.05) is 10.8 Å². The summed E-state index contributed by atoms with van der Waals surface area (Å²) in [5.41, 5.74) is 0.749. The number of benzene rings is 3. The van der Waals surface area contributed by atoms with Crippen molar-refractivity contribution in [3.8, 4) is 0 Å². The van der Waals surface area contributed by atoms with Crippen molar-refractivity contribution in [1.82, 2.24) is 10.2 Å². The van der Waals surface area contributed by atoms with Crippen LogP contribution in [0.1, 0.15) is 39.2 Å². The maximum absolute atomic E-state index is 14.1. The number of nitrogens with zero attached hydrogens (tertiary/aromatic N) is 2. The number of carbonyl (C=O) groups is 2. The summed E-state index contributed by atoms with van der Waals surface area (Å²) in [5, 5.41) is 3.97. The zero-order chi connectivity index (χ0) is 29.4. The average Bonchev–Trinajstić information content (AvgIpc) is 2.93. The van der Waals surface area contributed by atoms with Gasteiger partial charge in [-0.25, -0.2) is 8.42 Å². The minimum absolute atomic E-state index is 0.0317. The third kappa shape index (κ3) is 7.69. The minimum Gasteiger partial charge on any atom is -0.352 e. The molecule has 0 saturated carbocycles. The highest BCUT2D eigenvalue weighted by atomic mass is 35.5. The molecule has 2 amide bonds. The molecule has 7 nitrogen and oxygen atoms in total. The second kappa shape index (κ2) is 14.2. The Balaban J connectivity index is 2.07. The number of nitrogens with one attached hydrogen (secondary N) is 1. The molecule has 2 atom stereocenters. The highest BCUT2D eigenvalue weighted by Gasteiger charge is 2.34. The lowest BCUT2D eigenvalue weighted by Crippen LogP contribution is -2.53. The van der Waals surface area contributed by atoms with Gasteiger partial charge in [0, 0.05) is 33.2 Å². The van der Waals surface area contributed by atoms with Gasteiger partial charge in [-0.1, -0.05) is 72.9 Å². The van der Waals surface area contributed by atoms with E-state index >= 15 is 0 Å². The maximum atomic E-state index is 14.1. The highest BCUT2D eigenvalue weighted by molar-refractivity contribution is 7.92. The summed E-state index contributed by atoms with van der Waals surface area (Å²) in [6, 6.07) is 18.0. The minimum atomic E-state index is -4.19. The van der Waals surface area contributed by atoms with Gasteiger partial charge in [0.25, 0.3) is 10.0 Å². The third-order valence-electron chi connectivity index (χ3n) is 6.50. The SMILES string of the molecule is CC[C@@H](C)NC(=O)[C@H](CC)N(Cc1c(Cl)cccc1Cl)C(=O)CN(c1ccccc1)S(=O)(=O)c1ccc(Cl)cc1. The van der Waals surface area contributed by atoms with E-state index in [9.17, 15) is 18.0 Å². The topological polar surface area (TPSA) is 86.8 Å². The molecule has 0 fully saturated rings. The van der Waals surface area contributed by atoms with Gasteiger partial charge in [-0.2, -0.15) is 0 Å². The molecule has 0 aliphatic heterocycles. The summed E-state index contributed by atoms with van der Waals surface area (Å²) in [4.78, 5) is 28.7. The van der Waals surface area contributed by atoms with Crippen LogP contribution in [0.4, 0.5) is 5.69 Å². The first-order chi connectivity index (χ1) is 19.0. The van der Waals surface area contributed by atoms with Crippen LogP contribution in [-0.4, -0.2) is 43.8 Å². The van der Waals surface area contributed by atoms with E-state index in [4.69, 9.17) is 34.8 Å². The lowest BCUT2D eigenvalue weighted by Gasteiger charge is -2.34. The number of sulfonamides is 1. The van der Waals surface area contributed by atoms with Gasteiger partial charge < -0.3 is 10.2 Å². The number of amides is 2. The molecule has 3 aromatic carbocycles. The van der Waals surface area contributed by atoms with E-state index in [2.05, 4.69) is 5.32 Å². The molecular weight excluding hydrogens is 593 g/mol. The zero-order valence-corrected chi connectivity index (χ0v) is 25.6. The predicted octanol–water partition coefficient (Wildman–Crippen LogP) is 6.56. The van der Waals surface area contributed by atoms with Crippen molar-refractivity contribution in [2.24, 2.45) is 0 Å². The Morgan fingerprint density at radius 3 is 2.00 bits per heavy atom. The van der Waals surface area contributed by atoms with Crippen LogP contribution < -0.4 is 9.62 Å². The van der Waals surface area contributed by atoms with Crippen LogP contribution in [0.25, 0.3) is 0 Å². The molecule has 3 aromatic rings. The molecular formula is C29H32Cl3N3O4S. The fraction of sp³-hybridized carbons (Fsp3) is 0.310. The summed E-state index contributed by atoms with van der Waals surface area (Å²) in [7, 11) is -4.19. The smallest absolute Gasteiger partial charge is 0.264 e. The van der Waals surface area contributed by atoms with Crippen molar-refractivity contribution < 1.29 is 18.0 Å². The van der Waals surface area contributed by atoms with E-state index in [1.165, 1.54) is 29.2 Å². The lowest BCUT2D eigenvalue weighted by molar-refractivity contribution is -0.140. The van der Waals surface area contributed by atoms with Gasteiger partial charge >= 0.3 is 0 Å². The molecule has 214 valence electrons. The number of rotatable bonds is 12. The van der Waals surface area contributed by atoms with Crippen LogP contribution in [0.2, 0.25) is 15.1 Å². The summed E-state index contributed by atoms with van der Waals surface area (Å²) in [6.45, 7) is 4.95. The van der Waals surface area contributed by atoms with E-state index in [1.807, 2.05) is 13.8 Å². The van der Waals surface area contributed by atoms with Crippen LogP contribution in [-0.2, 0) is 26.2 Å². The predicted molar refractivity (Wildman–Crippen MR) is 161 cm³/mol. The Morgan fingerprint density at radius 1 is 0.850 bits per heavy atom. The molecule has 0 unspecified atom stereocenters. The first-order valence-electron chi connectivity index (χ1n) is 12.9. The van der Waals surface area contributed by atoms with Gasteiger partial charge in [-0.3, -0.25) is 13.9 Å². The second-order valence-electron chi connectivity index (χ2n) is 9.26. The average molecular weight is 625 g/mol. The van der Waals surface area contributed by atoms with E-state index in [-0.39, 0.29) is 29.8 Å². The highest BCUT2D eigenvalue weighted by Crippen LogP contribution is 2.29. The lowest BCUT2D eigenvalue weighted by atomic mass is 10.1. The number of hydrogen-bond acceptors (Lipinski definition) is 4. The van der Waals surface area contributed by atoms with Crippen LogP contribution >= 0.6 is 34.8 Å². The van der Waals surface area contributed by atoms with E-state index in [0.29, 0.717) is 32.7 Å². The van der Waals surface area contributed by atoms with Crippen LogP contribution in [0.5, 0.6) is 0 Å².